The summed E-state index contributed by atoms with van der Waals surface area (Å²) >= 11 is 6.34. The van der Waals surface area contributed by atoms with Gasteiger partial charge in [0.1, 0.15) is 11.9 Å². The van der Waals surface area contributed by atoms with Crippen LogP contribution in [0.2, 0.25) is 5.02 Å². The molecule has 0 bridgehead atoms. The standard InChI is InChI=1S/C24H26ClN3O3/c1-15-2-4-16(5-3-15)12-21(26)24(30)28-10-7-18(8-11-28)31-22-13-17-6-9-27-23(29)19(17)14-20(22)25/h2-6,9,13-14,18,21H,7-8,10-12,26H2,1H3,(H,27,29)/t21-/m0/s1. The zero-order chi connectivity index (χ0) is 22.0. The maximum Gasteiger partial charge on any atom is 0.255 e. The molecule has 1 aliphatic heterocycles. The summed E-state index contributed by atoms with van der Waals surface area (Å²) in [5.41, 5.74) is 8.26. The molecule has 0 unspecified atom stereocenters. The van der Waals surface area contributed by atoms with Crippen LogP contribution < -0.4 is 16.0 Å². The summed E-state index contributed by atoms with van der Waals surface area (Å²) in [5.74, 6) is 0.530. The number of benzene rings is 2. The predicted octanol–water partition coefficient (Wildman–Crippen LogP) is 3.43. The summed E-state index contributed by atoms with van der Waals surface area (Å²) < 4.78 is 6.12. The quantitative estimate of drug-likeness (QED) is 0.637. The Morgan fingerprint density at radius 1 is 1.23 bits per heavy atom. The molecule has 1 saturated heterocycles. The van der Waals surface area contributed by atoms with E-state index in [-0.39, 0.29) is 17.6 Å². The number of aryl methyl sites for hydroxylation is 1. The van der Waals surface area contributed by atoms with Crippen molar-refractivity contribution in [2.75, 3.05) is 13.1 Å². The number of nitrogens with two attached hydrogens (primary N) is 1. The molecule has 3 aromatic rings. The van der Waals surface area contributed by atoms with Crippen LogP contribution in [0.15, 0.2) is 53.5 Å². The number of H-pyrrole nitrogens is 1. The molecule has 162 valence electrons. The number of hydrogen-bond donors (Lipinski definition) is 2. The first kappa shape index (κ1) is 21.4. The minimum atomic E-state index is -0.548. The van der Waals surface area contributed by atoms with Crippen LogP contribution in [0.5, 0.6) is 5.75 Å². The third-order valence-corrected chi connectivity index (χ3v) is 6.06. The van der Waals surface area contributed by atoms with Crippen LogP contribution in [0.4, 0.5) is 0 Å². The van der Waals surface area contributed by atoms with E-state index in [1.54, 1.807) is 18.3 Å². The lowest BCUT2D eigenvalue weighted by atomic mass is 10.0. The minimum Gasteiger partial charge on any atom is -0.489 e. The van der Waals surface area contributed by atoms with Crippen molar-refractivity contribution < 1.29 is 9.53 Å². The van der Waals surface area contributed by atoms with Crippen LogP contribution in [-0.4, -0.2) is 41.0 Å². The number of rotatable bonds is 5. The van der Waals surface area contributed by atoms with E-state index >= 15 is 0 Å². The fourth-order valence-electron chi connectivity index (χ4n) is 3.95. The number of pyridine rings is 1. The van der Waals surface area contributed by atoms with Crippen LogP contribution in [0, 0.1) is 6.92 Å². The Hall–Kier alpha value is -2.83. The average molecular weight is 440 g/mol. The van der Waals surface area contributed by atoms with Crippen LogP contribution >= 0.6 is 11.6 Å². The second-order valence-corrected chi connectivity index (χ2v) is 8.52. The molecule has 1 aliphatic rings. The summed E-state index contributed by atoms with van der Waals surface area (Å²) in [4.78, 5) is 29.1. The summed E-state index contributed by atoms with van der Waals surface area (Å²) in [6.07, 6.45) is 3.49. The van der Waals surface area contributed by atoms with E-state index in [2.05, 4.69) is 4.98 Å². The number of fused-ring (bicyclic) bond motifs is 1. The Morgan fingerprint density at radius 3 is 2.65 bits per heavy atom. The minimum absolute atomic E-state index is 0.0259. The Bertz CT molecular complexity index is 1140. The molecular weight excluding hydrogens is 414 g/mol. The van der Waals surface area contributed by atoms with Gasteiger partial charge in [-0.1, -0.05) is 41.4 Å². The lowest BCUT2D eigenvalue weighted by molar-refractivity contribution is -0.134. The van der Waals surface area contributed by atoms with Crippen molar-refractivity contribution in [2.24, 2.45) is 5.73 Å². The number of halogens is 1. The first-order valence-electron chi connectivity index (χ1n) is 10.5. The Kier molecular flexibility index (Phi) is 6.30. The first-order valence-corrected chi connectivity index (χ1v) is 10.9. The van der Waals surface area contributed by atoms with Gasteiger partial charge in [0.05, 0.1) is 11.1 Å². The maximum absolute atomic E-state index is 12.8. The molecular formula is C24H26ClN3O3. The highest BCUT2D eigenvalue weighted by Crippen LogP contribution is 2.31. The second-order valence-electron chi connectivity index (χ2n) is 8.12. The van der Waals surface area contributed by atoms with Crippen molar-refractivity contribution in [3.63, 3.8) is 0 Å². The maximum atomic E-state index is 12.8. The SMILES string of the molecule is Cc1ccc(C[C@H](N)C(=O)N2CCC(Oc3cc4cc[nH]c(=O)c4cc3Cl)CC2)cc1. The van der Waals surface area contributed by atoms with Gasteiger partial charge in [0, 0.05) is 37.5 Å². The summed E-state index contributed by atoms with van der Waals surface area (Å²) in [6, 6.07) is 12.8. The summed E-state index contributed by atoms with van der Waals surface area (Å²) in [5, 5.41) is 1.71. The number of likely N-dealkylation sites (tertiary alicyclic amines) is 1. The van der Waals surface area contributed by atoms with Crippen LogP contribution in [0.3, 0.4) is 0 Å². The van der Waals surface area contributed by atoms with Gasteiger partial charge >= 0.3 is 0 Å². The number of aromatic amines is 1. The lowest BCUT2D eigenvalue weighted by Crippen LogP contribution is -2.49. The van der Waals surface area contributed by atoms with Gasteiger partial charge in [-0.05, 0) is 42.5 Å². The van der Waals surface area contributed by atoms with Gasteiger partial charge in [0.25, 0.3) is 5.56 Å². The van der Waals surface area contributed by atoms with Gasteiger partial charge in [-0.25, -0.2) is 0 Å². The van der Waals surface area contributed by atoms with Gasteiger partial charge in [-0.2, -0.15) is 0 Å². The molecule has 0 saturated carbocycles. The lowest BCUT2D eigenvalue weighted by Gasteiger charge is -2.33. The molecule has 0 radical (unpaired) electrons. The van der Waals surface area contributed by atoms with Crippen LogP contribution in [-0.2, 0) is 11.2 Å². The number of ether oxygens (including phenoxy) is 1. The van der Waals surface area contributed by atoms with Crippen LogP contribution in [0.1, 0.15) is 24.0 Å². The van der Waals surface area contributed by atoms with E-state index in [9.17, 15) is 9.59 Å². The van der Waals surface area contributed by atoms with Crippen molar-refractivity contribution in [3.8, 4) is 5.75 Å². The molecule has 3 N–H and O–H groups in total. The number of aromatic nitrogens is 1. The number of hydrogen-bond acceptors (Lipinski definition) is 4. The number of amides is 1. The van der Waals surface area contributed by atoms with Gasteiger partial charge in [0.2, 0.25) is 5.91 Å². The normalized spacial score (nSPS) is 15.8. The average Bonchev–Trinajstić information content (AvgIpc) is 2.76. The molecule has 31 heavy (non-hydrogen) atoms. The topological polar surface area (TPSA) is 88.4 Å². The van der Waals surface area contributed by atoms with E-state index in [1.807, 2.05) is 42.2 Å². The molecule has 1 fully saturated rings. The first-order chi connectivity index (χ1) is 14.9. The van der Waals surface area contributed by atoms with E-state index in [4.69, 9.17) is 22.1 Å². The Balaban J connectivity index is 1.34. The van der Waals surface area contributed by atoms with Gasteiger partial charge in [0.15, 0.2) is 0 Å². The van der Waals surface area contributed by atoms with E-state index in [0.29, 0.717) is 48.5 Å². The molecule has 2 aromatic carbocycles. The molecule has 0 aliphatic carbocycles. The van der Waals surface area contributed by atoms with Crippen molar-refractivity contribution in [3.05, 3.63) is 75.2 Å². The largest absolute Gasteiger partial charge is 0.489 e. The number of piperidine rings is 1. The predicted molar refractivity (Wildman–Crippen MR) is 123 cm³/mol. The zero-order valence-corrected chi connectivity index (χ0v) is 18.2. The highest BCUT2D eigenvalue weighted by atomic mass is 35.5. The highest BCUT2D eigenvalue weighted by Gasteiger charge is 2.27. The molecule has 1 atom stereocenters. The van der Waals surface area contributed by atoms with E-state index < -0.39 is 6.04 Å². The fourth-order valence-corrected chi connectivity index (χ4v) is 4.16. The molecule has 7 heteroatoms. The zero-order valence-electron chi connectivity index (χ0n) is 17.4. The van der Waals surface area contributed by atoms with Crippen molar-refractivity contribution in [1.82, 2.24) is 9.88 Å². The van der Waals surface area contributed by atoms with Crippen LogP contribution in [0.25, 0.3) is 10.8 Å². The smallest absolute Gasteiger partial charge is 0.255 e. The van der Waals surface area contributed by atoms with Gasteiger partial charge < -0.3 is 20.4 Å². The molecule has 4 rings (SSSR count). The van der Waals surface area contributed by atoms with Crippen molar-refractivity contribution in [1.29, 1.82) is 0 Å². The molecule has 1 aromatic heterocycles. The summed E-state index contributed by atoms with van der Waals surface area (Å²) in [6.45, 7) is 3.22. The number of nitrogens with one attached hydrogen (secondary N) is 1. The highest BCUT2D eigenvalue weighted by molar-refractivity contribution is 6.32. The van der Waals surface area contributed by atoms with Gasteiger partial charge in [-0.15, -0.1) is 0 Å². The monoisotopic (exact) mass is 439 g/mol. The molecule has 1 amide bonds. The number of carbonyl (C=O) groups excluding carboxylic acids is 1. The summed E-state index contributed by atoms with van der Waals surface area (Å²) in [7, 11) is 0. The molecule has 6 nitrogen and oxygen atoms in total. The third kappa shape index (κ3) is 4.92. The third-order valence-electron chi connectivity index (χ3n) is 5.77. The van der Waals surface area contributed by atoms with E-state index in [1.165, 1.54) is 5.56 Å². The number of carbonyl (C=O) groups is 1. The molecule has 0 spiro atoms. The Labute approximate surface area is 186 Å². The number of nitrogens with zero attached hydrogens (tertiary/aromatic N) is 1. The molecule has 2 heterocycles. The van der Waals surface area contributed by atoms with Crippen molar-refractivity contribution >= 4 is 28.3 Å². The van der Waals surface area contributed by atoms with Gasteiger partial charge in [-0.3, -0.25) is 9.59 Å². The fraction of sp³-hybridized carbons (Fsp3) is 0.333. The second kappa shape index (κ2) is 9.12. The van der Waals surface area contributed by atoms with Crippen molar-refractivity contribution in [2.45, 2.75) is 38.3 Å². The Morgan fingerprint density at radius 2 is 1.94 bits per heavy atom. The van der Waals surface area contributed by atoms with E-state index in [0.717, 1.165) is 10.9 Å².